The van der Waals surface area contributed by atoms with Crippen LogP contribution < -0.4 is 0 Å². The number of esters is 2. The third kappa shape index (κ3) is 24.3. The maximum absolute atomic E-state index is 12.7. The average Bonchev–Trinajstić information content (AvgIpc) is 3.15. The highest BCUT2D eigenvalue weighted by atomic mass is 31.2. The number of ether oxygens (including phenoxy) is 2. The number of carbonyl (C=O) groups excluding carboxylic acids is 2. The second kappa shape index (κ2) is 31.6. The van der Waals surface area contributed by atoms with Crippen LogP contribution in [0.1, 0.15) is 174 Å². The van der Waals surface area contributed by atoms with Crippen molar-refractivity contribution >= 4 is 19.8 Å². The van der Waals surface area contributed by atoms with Gasteiger partial charge in [0.15, 0.2) is 6.10 Å². The fourth-order valence-electron chi connectivity index (χ4n) is 6.39. The van der Waals surface area contributed by atoms with E-state index in [0.717, 1.165) is 51.4 Å². The Bertz CT molecular complexity index is 1010. The molecule has 318 valence electrons. The van der Waals surface area contributed by atoms with Gasteiger partial charge in [0.05, 0.1) is 6.61 Å². The molecule has 13 nitrogen and oxygen atoms in total. The Hall–Kier alpha value is -1.41. The topological polar surface area (TPSA) is 210 Å². The number of hydrogen-bond acceptors (Lipinski definition) is 12. The lowest BCUT2D eigenvalue weighted by Gasteiger charge is -2.41. The van der Waals surface area contributed by atoms with Gasteiger partial charge >= 0.3 is 19.8 Å². The van der Waals surface area contributed by atoms with Gasteiger partial charge in [-0.1, -0.05) is 142 Å². The summed E-state index contributed by atoms with van der Waals surface area (Å²) in [5, 5.41) is 50.0. The first-order chi connectivity index (χ1) is 25.9. The van der Waals surface area contributed by atoms with Crippen LogP contribution in [0.4, 0.5) is 0 Å². The molecule has 6 unspecified atom stereocenters. The van der Waals surface area contributed by atoms with Gasteiger partial charge in [-0.3, -0.25) is 18.6 Å². The number of phosphoric ester groups is 1. The molecular formula is C40H75O13P. The van der Waals surface area contributed by atoms with E-state index in [1.54, 1.807) is 0 Å². The molecule has 1 aliphatic carbocycles. The predicted octanol–water partition coefficient (Wildman–Crippen LogP) is 7.11. The Labute approximate surface area is 324 Å². The van der Waals surface area contributed by atoms with E-state index in [-0.39, 0.29) is 12.8 Å². The van der Waals surface area contributed by atoms with Gasteiger partial charge in [-0.25, -0.2) is 4.57 Å². The largest absolute Gasteiger partial charge is 0.472 e. The summed E-state index contributed by atoms with van der Waals surface area (Å²) < 4.78 is 33.4. The molecule has 1 rings (SSSR count). The van der Waals surface area contributed by atoms with E-state index in [9.17, 15) is 44.6 Å². The summed E-state index contributed by atoms with van der Waals surface area (Å²) in [6.07, 6.45) is 17.1. The molecule has 1 aliphatic rings. The molecule has 0 amide bonds. The summed E-state index contributed by atoms with van der Waals surface area (Å²) >= 11 is 0. The summed E-state index contributed by atoms with van der Waals surface area (Å²) in [6.45, 7) is 3.23. The zero-order chi connectivity index (χ0) is 40.0. The van der Waals surface area contributed by atoms with Gasteiger partial charge in [0, 0.05) is 12.8 Å². The zero-order valence-electron chi connectivity index (χ0n) is 33.3. The molecule has 54 heavy (non-hydrogen) atoms. The van der Waals surface area contributed by atoms with Crippen LogP contribution in [0.2, 0.25) is 0 Å². The number of aliphatic hydroxyl groups is 5. The number of carbonyl (C=O) groups is 2. The minimum Gasteiger partial charge on any atom is -0.462 e. The van der Waals surface area contributed by atoms with Crippen LogP contribution in [-0.4, -0.2) is 98.3 Å². The molecule has 0 radical (unpaired) electrons. The highest BCUT2D eigenvalue weighted by Gasteiger charge is 2.51. The molecule has 0 aliphatic heterocycles. The van der Waals surface area contributed by atoms with Crippen LogP contribution in [0.5, 0.6) is 0 Å². The van der Waals surface area contributed by atoms with Crippen LogP contribution in [0.3, 0.4) is 0 Å². The number of phosphoric acid groups is 1. The lowest BCUT2D eigenvalue weighted by atomic mass is 9.85. The van der Waals surface area contributed by atoms with E-state index in [2.05, 4.69) is 26.0 Å². The second-order valence-electron chi connectivity index (χ2n) is 14.8. The third-order valence-electron chi connectivity index (χ3n) is 9.86. The molecule has 0 aromatic carbocycles. The van der Waals surface area contributed by atoms with Gasteiger partial charge in [0.1, 0.15) is 43.2 Å². The fraction of sp³-hybridized carbons (Fsp3) is 0.900. The van der Waals surface area contributed by atoms with Gasteiger partial charge < -0.3 is 39.9 Å². The van der Waals surface area contributed by atoms with E-state index in [1.807, 2.05) is 0 Å². The molecule has 0 bridgehead atoms. The Morgan fingerprint density at radius 3 is 1.46 bits per heavy atom. The molecule has 8 atom stereocenters. The van der Waals surface area contributed by atoms with E-state index in [0.29, 0.717) is 12.8 Å². The van der Waals surface area contributed by atoms with Crippen LogP contribution in [-0.2, 0) is 32.7 Å². The van der Waals surface area contributed by atoms with Crippen molar-refractivity contribution < 1.29 is 63.1 Å². The summed E-state index contributed by atoms with van der Waals surface area (Å²) in [4.78, 5) is 35.5. The van der Waals surface area contributed by atoms with E-state index in [4.69, 9.17) is 18.5 Å². The summed E-state index contributed by atoms with van der Waals surface area (Å²) in [7, 11) is -5.10. The molecule has 6 N–H and O–H groups in total. The first kappa shape index (κ1) is 50.6. The zero-order valence-corrected chi connectivity index (χ0v) is 34.2. The number of hydrogen-bond donors (Lipinski definition) is 6. The molecule has 14 heteroatoms. The third-order valence-corrected chi connectivity index (χ3v) is 10.8. The van der Waals surface area contributed by atoms with Crippen molar-refractivity contribution in [3.63, 3.8) is 0 Å². The summed E-state index contributed by atoms with van der Waals surface area (Å²) in [6, 6.07) is 0. The Morgan fingerprint density at radius 2 is 0.963 bits per heavy atom. The Balaban J connectivity index is 2.48. The smallest absolute Gasteiger partial charge is 0.462 e. The fourth-order valence-corrected chi connectivity index (χ4v) is 7.36. The highest BCUT2D eigenvalue weighted by Crippen LogP contribution is 2.47. The van der Waals surface area contributed by atoms with Crippen molar-refractivity contribution in [2.24, 2.45) is 0 Å². The van der Waals surface area contributed by atoms with Crippen molar-refractivity contribution in [3.05, 3.63) is 12.2 Å². The SMILES string of the molecule is CCCC/C=C/CCCCCCCCCCCC(=O)OC[C@H](COP(=O)(O)OC1C(O)C(O)C(O)[C@@H](O)C1O)OC(=O)CCCCCCCCCCCC. The maximum Gasteiger partial charge on any atom is 0.472 e. The number of unbranched alkanes of at least 4 members (excludes halogenated alkanes) is 20. The minimum atomic E-state index is -5.10. The highest BCUT2D eigenvalue weighted by molar-refractivity contribution is 7.47. The first-order valence-electron chi connectivity index (χ1n) is 21.0. The van der Waals surface area contributed by atoms with E-state index < -0.39 is 75.7 Å². The lowest BCUT2D eigenvalue weighted by molar-refractivity contribution is -0.220. The minimum absolute atomic E-state index is 0.100. The monoisotopic (exact) mass is 794 g/mol. The maximum atomic E-state index is 12.7. The Morgan fingerprint density at radius 1 is 0.556 bits per heavy atom. The number of aliphatic hydroxyl groups excluding tert-OH is 5. The van der Waals surface area contributed by atoms with Crippen molar-refractivity contribution in [1.29, 1.82) is 0 Å². The quantitative estimate of drug-likeness (QED) is 0.0166. The van der Waals surface area contributed by atoms with Gasteiger partial charge in [0.25, 0.3) is 0 Å². The van der Waals surface area contributed by atoms with Gasteiger partial charge in [0.2, 0.25) is 0 Å². The summed E-state index contributed by atoms with van der Waals surface area (Å²) in [5.74, 6) is -1.10. The number of rotatable bonds is 34. The second-order valence-corrected chi connectivity index (χ2v) is 16.3. The van der Waals surface area contributed by atoms with Gasteiger partial charge in [-0.2, -0.15) is 0 Å². The van der Waals surface area contributed by atoms with Crippen molar-refractivity contribution in [3.8, 4) is 0 Å². The lowest BCUT2D eigenvalue weighted by Crippen LogP contribution is -2.64. The molecule has 0 saturated heterocycles. The molecule has 0 heterocycles. The molecular weight excluding hydrogens is 719 g/mol. The van der Waals surface area contributed by atoms with E-state index in [1.165, 1.54) is 83.5 Å². The van der Waals surface area contributed by atoms with Gasteiger partial charge in [-0.05, 0) is 32.1 Å². The average molecular weight is 795 g/mol. The van der Waals surface area contributed by atoms with Crippen molar-refractivity contribution in [1.82, 2.24) is 0 Å². The first-order valence-corrected chi connectivity index (χ1v) is 22.5. The molecule has 0 spiro atoms. The normalized spacial score (nSPS) is 23.3. The van der Waals surface area contributed by atoms with Crippen LogP contribution in [0, 0.1) is 0 Å². The van der Waals surface area contributed by atoms with Crippen molar-refractivity contribution in [2.75, 3.05) is 13.2 Å². The molecule has 1 saturated carbocycles. The van der Waals surface area contributed by atoms with Crippen LogP contribution >= 0.6 is 7.82 Å². The van der Waals surface area contributed by atoms with Crippen molar-refractivity contribution in [2.45, 2.75) is 217 Å². The van der Waals surface area contributed by atoms with Crippen LogP contribution in [0.25, 0.3) is 0 Å². The molecule has 0 aromatic heterocycles. The van der Waals surface area contributed by atoms with E-state index >= 15 is 0 Å². The Kier molecular flexibility index (Phi) is 29.7. The van der Waals surface area contributed by atoms with Gasteiger partial charge in [-0.15, -0.1) is 0 Å². The summed E-state index contributed by atoms with van der Waals surface area (Å²) in [5.41, 5.74) is 0. The standard InChI is InChI=1S/C40H75O13P/c1-3-5-7-9-11-13-15-16-17-18-19-21-22-24-26-28-33(41)50-30-32(52-34(42)29-27-25-23-20-14-12-10-8-6-4-2)31-51-54(48,49)53-40-38(46)36(44)35(43)37(45)39(40)47/h9,11,32,35-40,43-47H,3-8,10,12-31H2,1-2H3,(H,48,49)/b11-9+/t32-,35?,36-,37?,38?,39?,40?/m1/s1. The molecule has 0 aromatic rings. The molecule has 1 fully saturated rings. The predicted molar refractivity (Wildman–Crippen MR) is 207 cm³/mol. The van der Waals surface area contributed by atoms with Crippen LogP contribution in [0.15, 0.2) is 12.2 Å². The number of allylic oxidation sites excluding steroid dienone is 2.